The molecule has 1 heterocycles. The average Bonchev–Trinajstić information content (AvgIpc) is 2.56. The molecular formula is C20H32N2. The third-order valence-electron chi connectivity index (χ3n) is 6.13. The normalized spacial score (nSPS) is 32.8. The molecule has 3 rings (SSSR count). The van der Waals surface area contributed by atoms with Gasteiger partial charge in [-0.15, -0.1) is 0 Å². The van der Waals surface area contributed by atoms with E-state index in [1.165, 1.54) is 69.8 Å². The van der Waals surface area contributed by atoms with Gasteiger partial charge >= 0.3 is 0 Å². The molecule has 0 atom stereocenters. The van der Waals surface area contributed by atoms with Crippen LogP contribution in [0.4, 0.5) is 0 Å². The second kappa shape index (κ2) is 7.57. The maximum atomic E-state index is 4.54. The first kappa shape index (κ1) is 16.0. The Bertz CT molecular complexity index is 437. The Morgan fingerprint density at radius 2 is 1.32 bits per heavy atom. The molecule has 0 radical (unpaired) electrons. The largest absolute Gasteiger partial charge is 0.241 e. The summed E-state index contributed by atoms with van der Waals surface area (Å²) in [6.07, 6.45) is 18.2. The molecule has 0 saturated heterocycles. The van der Waals surface area contributed by atoms with Crippen LogP contribution in [0.2, 0.25) is 0 Å². The summed E-state index contributed by atoms with van der Waals surface area (Å²) in [6.45, 7) is 4.48. The monoisotopic (exact) mass is 300 g/mol. The van der Waals surface area contributed by atoms with Crippen molar-refractivity contribution in [2.75, 3.05) is 0 Å². The van der Waals surface area contributed by atoms with Gasteiger partial charge in [-0.3, -0.25) is 0 Å². The zero-order valence-corrected chi connectivity index (χ0v) is 14.4. The minimum atomic E-state index is 0.618. The van der Waals surface area contributed by atoms with Gasteiger partial charge in [-0.1, -0.05) is 45.4 Å². The highest BCUT2D eigenvalue weighted by molar-refractivity contribution is 5.05. The summed E-state index contributed by atoms with van der Waals surface area (Å²) in [5, 5.41) is 0. The zero-order chi connectivity index (χ0) is 15.4. The van der Waals surface area contributed by atoms with Gasteiger partial charge in [-0.2, -0.15) is 0 Å². The zero-order valence-electron chi connectivity index (χ0n) is 14.4. The molecular weight excluding hydrogens is 268 g/mol. The molecule has 2 aliphatic carbocycles. The summed E-state index contributed by atoms with van der Waals surface area (Å²) in [6, 6.07) is 0. The lowest BCUT2D eigenvalue weighted by Crippen LogP contribution is -2.17. The topological polar surface area (TPSA) is 25.8 Å². The quantitative estimate of drug-likeness (QED) is 0.716. The van der Waals surface area contributed by atoms with Gasteiger partial charge in [0, 0.05) is 18.3 Å². The van der Waals surface area contributed by atoms with Crippen molar-refractivity contribution in [1.29, 1.82) is 0 Å². The molecule has 0 unspecified atom stereocenters. The standard InChI is InChI=1S/C20H32N2/c1-15-3-5-17(6-4-15)7-8-18-9-11-19(12-10-18)20-21-13-16(2)14-22-20/h13-15,17-19H,3-12H2,1-2H3. The molecule has 22 heavy (non-hydrogen) atoms. The van der Waals surface area contributed by atoms with Crippen LogP contribution in [0, 0.1) is 24.7 Å². The van der Waals surface area contributed by atoms with Crippen LogP contribution in [0.1, 0.15) is 88.4 Å². The van der Waals surface area contributed by atoms with Crippen molar-refractivity contribution >= 4 is 0 Å². The molecule has 2 aliphatic rings. The SMILES string of the molecule is Cc1cnc(C2CCC(CCC3CCC(C)CC3)CC2)nc1. The lowest BCUT2D eigenvalue weighted by molar-refractivity contribution is 0.236. The van der Waals surface area contributed by atoms with Gasteiger partial charge in [0.05, 0.1) is 0 Å². The number of rotatable bonds is 4. The molecule has 2 heteroatoms. The van der Waals surface area contributed by atoms with Crippen LogP contribution >= 0.6 is 0 Å². The van der Waals surface area contributed by atoms with Crippen molar-refractivity contribution in [1.82, 2.24) is 9.97 Å². The van der Waals surface area contributed by atoms with Gasteiger partial charge < -0.3 is 0 Å². The van der Waals surface area contributed by atoms with Crippen molar-refractivity contribution in [2.24, 2.45) is 17.8 Å². The molecule has 0 aromatic carbocycles. The van der Waals surface area contributed by atoms with Crippen molar-refractivity contribution in [3.63, 3.8) is 0 Å². The number of nitrogens with zero attached hydrogens (tertiary/aromatic N) is 2. The molecule has 0 N–H and O–H groups in total. The maximum Gasteiger partial charge on any atom is 0.131 e. The van der Waals surface area contributed by atoms with E-state index in [2.05, 4.69) is 23.8 Å². The van der Waals surface area contributed by atoms with E-state index >= 15 is 0 Å². The van der Waals surface area contributed by atoms with Crippen LogP contribution < -0.4 is 0 Å². The average molecular weight is 300 g/mol. The van der Waals surface area contributed by atoms with E-state index in [-0.39, 0.29) is 0 Å². The molecule has 0 bridgehead atoms. The third kappa shape index (κ3) is 4.30. The molecule has 2 fully saturated rings. The van der Waals surface area contributed by atoms with E-state index in [1.807, 2.05) is 12.4 Å². The Labute approximate surface area is 136 Å². The van der Waals surface area contributed by atoms with E-state index in [9.17, 15) is 0 Å². The Kier molecular flexibility index (Phi) is 5.49. The van der Waals surface area contributed by atoms with Crippen LogP contribution in [0.25, 0.3) is 0 Å². The highest BCUT2D eigenvalue weighted by Crippen LogP contribution is 2.38. The van der Waals surface area contributed by atoms with Gasteiger partial charge in [0.25, 0.3) is 0 Å². The third-order valence-corrected chi connectivity index (χ3v) is 6.13. The first-order valence-corrected chi connectivity index (χ1v) is 9.49. The molecule has 1 aromatic heterocycles. The smallest absolute Gasteiger partial charge is 0.131 e. The Balaban J connectivity index is 1.39. The lowest BCUT2D eigenvalue weighted by Gasteiger charge is -2.30. The molecule has 2 nitrogen and oxygen atoms in total. The van der Waals surface area contributed by atoms with E-state index in [0.717, 1.165) is 23.6 Å². The van der Waals surface area contributed by atoms with Crippen molar-refractivity contribution in [3.8, 4) is 0 Å². The number of aryl methyl sites for hydroxylation is 1. The number of hydrogen-bond acceptors (Lipinski definition) is 2. The summed E-state index contributed by atoms with van der Waals surface area (Å²) in [7, 11) is 0. The number of aromatic nitrogens is 2. The minimum absolute atomic E-state index is 0.618. The summed E-state index contributed by atoms with van der Waals surface area (Å²) < 4.78 is 0. The summed E-state index contributed by atoms with van der Waals surface area (Å²) >= 11 is 0. The van der Waals surface area contributed by atoms with E-state index in [1.54, 1.807) is 0 Å². The van der Waals surface area contributed by atoms with Crippen LogP contribution in [0.15, 0.2) is 12.4 Å². The highest BCUT2D eigenvalue weighted by Gasteiger charge is 2.25. The van der Waals surface area contributed by atoms with Crippen LogP contribution in [-0.4, -0.2) is 9.97 Å². The molecule has 122 valence electrons. The van der Waals surface area contributed by atoms with Crippen molar-refractivity contribution in [2.45, 2.75) is 84.0 Å². The van der Waals surface area contributed by atoms with E-state index < -0.39 is 0 Å². The van der Waals surface area contributed by atoms with Crippen LogP contribution in [0.5, 0.6) is 0 Å². The van der Waals surface area contributed by atoms with Crippen LogP contribution in [-0.2, 0) is 0 Å². The van der Waals surface area contributed by atoms with E-state index in [0.29, 0.717) is 5.92 Å². The Hall–Kier alpha value is -0.920. The maximum absolute atomic E-state index is 4.54. The predicted molar refractivity (Wildman–Crippen MR) is 91.8 cm³/mol. The molecule has 2 saturated carbocycles. The fourth-order valence-corrected chi connectivity index (χ4v) is 4.41. The van der Waals surface area contributed by atoms with E-state index in [4.69, 9.17) is 0 Å². The van der Waals surface area contributed by atoms with Gasteiger partial charge in [-0.05, 0) is 55.9 Å². The summed E-state index contributed by atoms with van der Waals surface area (Å²) in [5.41, 5.74) is 1.17. The van der Waals surface area contributed by atoms with Crippen molar-refractivity contribution in [3.05, 3.63) is 23.8 Å². The molecule has 0 spiro atoms. The second-order valence-corrected chi connectivity index (χ2v) is 8.04. The Morgan fingerprint density at radius 1 is 0.818 bits per heavy atom. The fraction of sp³-hybridized carbons (Fsp3) is 0.800. The Morgan fingerprint density at radius 3 is 1.86 bits per heavy atom. The summed E-state index contributed by atoms with van der Waals surface area (Å²) in [5.74, 6) is 4.70. The van der Waals surface area contributed by atoms with Gasteiger partial charge in [-0.25, -0.2) is 9.97 Å². The molecule has 0 amide bonds. The first-order valence-electron chi connectivity index (χ1n) is 9.49. The minimum Gasteiger partial charge on any atom is -0.241 e. The first-order chi connectivity index (χ1) is 10.7. The van der Waals surface area contributed by atoms with Crippen molar-refractivity contribution < 1.29 is 0 Å². The predicted octanol–water partition coefficient (Wildman–Crippen LogP) is 5.67. The van der Waals surface area contributed by atoms with Gasteiger partial charge in [0.1, 0.15) is 5.82 Å². The fourth-order valence-electron chi connectivity index (χ4n) is 4.41. The second-order valence-electron chi connectivity index (χ2n) is 8.04. The van der Waals surface area contributed by atoms with Gasteiger partial charge in [0.2, 0.25) is 0 Å². The summed E-state index contributed by atoms with van der Waals surface area (Å²) in [4.78, 5) is 9.08. The van der Waals surface area contributed by atoms with Crippen LogP contribution in [0.3, 0.4) is 0 Å². The lowest BCUT2D eigenvalue weighted by atomic mass is 9.76. The molecule has 1 aromatic rings. The number of hydrogen-bond donors (Lipinski definition) is 0. The highest BCUT2D eigenvalue weighted by atomic mass is 14.9. The van der Waals surface area contributed by atoms with Gasteiger partial charge in [0.15, 0.2) is 0 Å². The molecule has 0 aliphatic heterocycles.